The van der Waals surface area contributed by atoms with Crippen LogP contribution in [0.25, 0.3) is 0 Å². The predicted octanol–water partition coefficient (Wildman–Crippen LogP) is 6.04. The van der Waals surface area contributed by atoms with E-state index >= 15 is 0 Å². The van der Waals surface area contributed by atoms with Crippen LogP contribution in [-0.2, 0) is 0 Å². The fourth-order valence-corrected chi connectivity index (χ4v) is 2.94. The normalized spacial score (nSPS) is 15.2. The predicted molar refractivity (Wildman–Crippen MR) is 105 cm³/mol. The molecule has 0 heterocycles. The number of allylic oxidation sites excluding steroid dienone is 5. The van der Waals surface area contributed by atoms with Crippen LogP contribution in [0.3, 0.4) is 0 Å². The number of para-hydroxylation sites is 1. The van der Waals surface area contributed by atoms with Crippen LogP contribution < -0.4 is 4.90 Å². The van der Waals surface area contributed by atoms with Gasteiger partial charge < -0.3 is 4.90 Å². The molecule has 2 aromatic rings. The summed E-state index contributed by atoms with van der Waals surface area (Å²) in [5.41, 5.74) is 4.90. The number of rotatable bonds is 3. The molecule has 0 bridgehead atoms. The van der Waals surface area contributed by atoms with E-state index in [2.05, 4.69) is 73.4 Å². The van der Waals surface area contributed by atoms with Crippen LogP contribution in [0.1, 0.15) is 25.0 Å². The summed E-state index contributed by atoms with van der Waals surface area (Å²) in [6.45, 7) is 6.39. The van der Waals surface area contributed by atoms with Gasteiger partial charge in [0.25, 0.3) is 0 Å². The molecule has 0 radical (unpaired) electrons. The molecule has 3 rings (SSSR count). The third kappa shape index (κ3) is 3.89. The summed E-state index contributed by atoms with van der Waals surface area (Å²) < 4.78 is 0. The Morgan fingerprint density at radius 1 is 0.960 bits per heavy atom. The van der Waals surface area contributed by atoms with Crippen LogP contribution in [0, 0.1) is 23.7 Å². The number of hydrogen-bond donors (Lipinski definition) is 0. The number of nitriles is 1. The van der Waals surface area contributed by atoms with Crippen molar-refractivity contribution in [1.29, 1.82) is 5.26 Å². The summed E-state index contributed by atoms with van der Waals surface area (Å²) in [5, 5.41) is 9.35. The number of hydrogen-bond acceptors (Lipinski definition) is 2. The molecule has 0 aromatic heterocycles. The minimum absolute atomic E-state index is 0.0189. The van der Waals surface area contributed by atoms with Crippen molar-refractivity contribution in [2.45, 2.75) is 20.8 Å². The molecule has 0 aliphatic heterocycles. The second kappa shape index (κ2) is 6.83. The Morgan fingerprint density at radius 3 is 2.44 bits per heavy atom. The van der Waals surface area contributed by atoms with Crippen molar-refractivity contribution in [3.05, 3.63) is 95.7 Å². The van der Waals surface area contributed by atoms with Crippen molar-refractivity contribution in [3.8, 4) is 6.07 Å². The number of benzene rings is 2. The van der Waals surface area contributed by atoms with Gasteiger partial charge in [0.05, 0.1) is 11.6 Å². The van der Waals surface area contributed by atoms with Crippen molar-refractivity contribution in [2.75, 3.05) is 4.90 Å². The summed E-state index contributed by atoms with van der Waals surface area (Å²) in [5.74, 6) is 0. The molecule has 25 heavy (non-hydrogen) atoms. The van der Waals surface area contributed by atoms with Gasteiger partial charge in [-0.2, -0.15) is 5.26 Å². The maximum atomic E-state index is 9.35. The summed E-state index contributed by atoms with van der Waals surface area (Å²) in [7, 11) is 0. The van der Waals surface area contributed by atoms with Crippen LogP contribution >= 0.6 is 0 Å². The van der Waals surface area contributed by atoms with Crippen LogP contribution in [-0.4, -0.2) is 0 Å². The first-order chi connectivity index (χ1) is 12.0. The Bertz CT molecular complexity index is 893. The highest BCUT2D eigenvalue weighted by Crippen LogP contribution is 2.34. The van der Waals surface area contributed by atoms with Gasteiger partial charge in [-0.25, -0.2) is 0 Å². The quantitative estimate of drug-likeness (QED) is 0.687. The van der Waals surface area contributed by atoms with Gasteiger partial charge in [-0.05, 0) is 55.0 Å². The molecule has 1 aliphatic rings. The van der Waals surface area contributed by atoms with E-state index in [0.717, 1.165) is 22.6 Å². The molecular weight excluding hydrogens is 304 g/mol. The zero-order valence-corrected chi connectivity index (χ0v) is 14.9. The highest BCUT2D eigenvalue weighted by Gasteiger charge is 2.17. The molecule has 2 aromatic carbocycles. The van der Waals surface area contributed by atoms with Gasteiger partial charge in [-0.3, -0.25) is 0 Å². The number of nitrogens with zero attached hydrogens (tertiary/aromatic N) is 2. The summed E-state index contributed by atoms with van der Waals surface area (Å²) in [6, 6.07) is 18.5. The molecule has 0 saturated carbocycles. The molecule has 0 N–H and O–H groups in total. The van der Waals surface area contributed by atoms with E-state index in [1.54, 1.807) is 0 Å². The molecule has 0 atom stereocenters. The first-order valence-electron chi connectivity index (χ1n) is 8.44. The van der Waals surface area contributed by atoms with Crippen molar-refractivity contribution < 1.29 is 0 Å². The lowest BCUT2D eigenvalue weighted by molar-refractivity contribution is 0.627. The average molecular weight is 326 g/mol. The Hall–Kier alpha value is -3.05. The minimum Gasteiger partial charge on any atom is -0.310 e. The first kappa shape index (κ1) is 16.8. The molecule has 0 saturated heterocycles. The van der Waals surface area contributed by atoms with Crippen molar-refractivity contribution >= 4 is 11.4 Å². The fraction of sp³-hybridized carbons (Fsp3) is 0.174. The van der Waals surface area contributed by atoms with Gasteiger partial charge in [0.2, 0.25) is 0 Å². The van der Waals surface area contributed by atoms with Crippen LogP contribution in [0.5, 0.6) is 0 Å². The second-order valence-corrected chi connectivity index (χ2v) is 6.95. The molecule has 0 unspecified atom stereocenters. The SMILES string of the molecule is Cc1cc(C#N)cc(N(C2=CC=CC(C)(C)C=C2)c2ccccc2)c1. The lowest BCUT2D eigenvalue weighted by Crippen LogP contribution is -2.15. The van der Waals surface area contributed by atoms with E-state index in [-0.39, 0.29) is 5.41 Å². The third-order valence-corrected chi connectivity index (χ3v) is 4.20. The van der Waals surface area contributed by atoms with Crippen molar-refractivity contribution in [3.63, 3.8) is 0 Å². The molecular formula is C23H22N2. The van der Waals surface area contributed by atoms with E-state index in [4.69, 9.17) is 0 Å². The van der Waals surface area contributed by atoms with Gasteiger partial charge in [0.15, 0.2) is 0 Å². The summed E-state index contributed by atoms with van der Waals surface area (Å²) in [4.78, 5) is 2.19. The molecule has 0 amide bonds. The van der Waals surface area contributed by atoms with E-state index < -0.39 is 0 Å². The molecule has 2 nitrogen and oxygen atoms in total. The monoisotopic (exact) mass is 326 g/mol. The second-order valence-electron chi connectivity index (χ2n) is 6.95. The van der Waals surface area contributed by atoms with Gasteiger partial charge in [0, 0.05) is 22.5 Å². The highest BCUT2D eigenvalue weighted by atomic mass is 15.1. The zero-order chi connectivity index (χ0) is 17.9. The van der Waals surface area contributed by atoms with E-state index in [9.17, 15) is 5.26 Å². The average Bonchev–Trinajstić information content (AvgIpc) is 2.77. The largest absolute Gasteiger partial charge is 0.310 e. The van der Waals surface area contributed by atoms with E-state index in [1.807, 2.05) is 37.3 Å². The summed E-state index contributed by atoms with van der Waals surface area (Å²) >= 11 is 0. The molecule has 124 valence electrons. The van der Waals surface area contributed by atoms with Gasteiger partial charge in [0.1, 0.15) is 0 Å². The van der Waals surface area contributed by atoms with Crippen molar-refractivity contribution in [1.82, 2.24) is 0 Å². The highest BCUT2D eigenvalue weighted by molar-refractivity contribution is 5.72. The maximum absolute atomic E-state index is 9.35. The zero-order valence-electron chi connectivity index (χ0n) is 14.9. The number of anilines is 2. The van der Waals surface area contributed by atoms with Gasteiger partial charge in [-0.15, -0.1) is 0 Å². The third-order valence-electron chi connectivity index (χ3n) is 4.20. The van der Waals surface area contributed by atoms with E-state index in [1.165, 1.54) is 0 Å². The standard InChI is InChI=1S/C23H22N2/c1-18-14-19(17-24)16-22(15-18)25(20-8-5-4-6-9-20)21-10-7-12-23(2,3)13-11-21/h4-16H,1-3H3. The Kier molecular flexibility index (Phi) is 4.59. The minimum atomic E-state index is 0.0189. The molecule has 2 heteroatoms. The molecule has 0 fully saturated rings. The van der Waals surface area contributed by atoms with Crippen LogP contribution in [0.2, 0.25) is 0 Å². The lowest BCUT2D eigenvalue weighted by atomic mass is 9.93. The lowest BCUT2D eigenvalue weighted by Gasteiger charge is -2.27. The van der Waals surface area contributed by atoms with Crippen molar-refractivity contribution in [2.24, 2.45) is 5.41 Å². The molecule has 1 aliphatic carbocycles. The number of aryl methyl sites for hydroxylation is 1. The van der Waals surface area contributed by atoms with Crippen LogP contribution in [0.4, 0.5) is 11.4 Å². The smallest absolute Gasteiger partial charge is 0.0992 e. The Morgan fingerprint density at radius 2 is 1.72 bits per heavy atom. The Balaban J connectivity index is 2.16. The maximum Gasteiger partial charge on any atom is 0.0992 e. The molecule has 0 spiro atoms. The summed E-state index contributed by atoms with van der Waals surface area (Å²) in [6.07, 6.45) is 10.8. The fourth-order valence-electron chi connectivity index (χ4n) is 2.94. The topological polar surface area (TPSA) is 27.0 Å². The van der Waals surface area contributed by atoms with Crippen LogP contribution in [0.15, 0.2) is 84.6 Å². The van der Waals surface area contributed by atoms with E-state index in [0.29, 0.717) is 5.56 Å². The van der Waals surface area contributed by atoms with Gasteiger partial charge in [-0.1, -0.05) is 50.3 Å². The first-order valence-corrected chi connectivity index (χ1v) is 8.44. The Labute approximate surface area is 150 Å². The van der Waals surface area contributed by atoms with Gasteiger partial charge >= 0.3 is 0 Å².